The third-order valence-electron chi connectivity index (χ3n) is 3.67. The first-order valence-corrected chi connectivity index (χ1v) is 6.94. The largest absolute Gasteiger partial charge is 0.492 e. The summed E-state index contributed by atoms with van der Waals surface area (Å²) < 4.78 is 5.71. The van der Waals surface area contributed by atoms with Gasteiger partial charge in [-0.05, 0) is 18.6 Å². The maximum atomic E-state index is 8.95. The number of likely N-dealkylation sites (tertiary alicyclic amines) is 1. The molecule has 0 bridgehead atoms. The molecule has 1 heterocycles. The molecule has 1 unspecified atom stereocenters. The molecular formula is C15H22N2O2. The van der Waals surface area contributed by atoms with Crippen LogP contribution in [0, 0.1) is 5.92 Å². The van der Waals surface area contributed by atoms with Crippen LogP contribution in [0.5, 0.6) is 5.75 Å². The Hall–Kier alpha value is -1.55. The molecule has 4 heteroatoms. The van der Waals surface area contributed by atoms with Gasteiger partial charge >= 0.3 is 0 Å². The monoisotopic (exact) mass is 262 g/mol. The Bertz CT molecular complexity index is 406. The molecule has 0 aromatic heterocycles. The number of piperidine rings is 1. The highest BCUT2D eigenvalue weighted by atomic mass is 16.5. The molecule has 0 aliphatic carbocycles. The van der Waals surface area contributed by atoms with Gasteiger partial charge in [-0.3, -0.25) is 4.90 Å². The van der Waals surface area contributed by atoms with Gasteiger partial charge in [-0.1, -0.05) is 30.3 Å². The highest BCUT2D eigenvalue weighted by molar-refractivity contribution is 5.87. The van der Waals surface area contributed by atoms with Gasteiger partial charge in [0, 0.05) is 32.0 Å². The zero-order valence-corrected chi connectivity index (χ0v) is 11.5. The molecule has 1 saturated heterocycles. The summed E-state index contributed by atoms with van der Waals surface area (Å²) in [5.41, 5.74) is 0.947. The van der Waals surface area contributed by atoms with Gasteiger partial charge in [0.05, 0.1) is 5.71 Å². The van der Waals surface area contributed by atoms with E-state index in [2.05, 4.69) is 17.0 Å². The van der Waals surface area contributed by atoms with Gasteiger partial charge < -0.3 is 9.94 Å². The van der Waals surface area contributed by atoms with E-state index in [1.54, 1.807) is 0 Å². The summed E-state index contributed by atoms with van der Waals surface area (Å²) in [6.45, 7) is 5.68. The van der Waals surface area contributed by atoms with E-state index in [0.717, 1.165) is 43.9 Å². The summed E-state index contributed by atoms with van der Waals surface area (Å²) in [6, 6.07) is 9.89. The van der Waals surface area contributed by atoms with Crippen LogP contribution in [0.3, 0.4) is 0 Å². The molecule has 1 aliphatic rings. The highest BCUT2D eigenvalue weighted by Gasteiger charge is 2.24. The molecule has 0 saturated carbocycles. The normalized spacial score (nSPS) is 22.6. The Morgan fingerprint density at radius 2 is 2.16 bits per heavy atom. The van der Waals surface area contributed by atoms with E-state index in [1.807, 2.05) is 30.3 Å². The van der Waals surface area contributed by atoms with Gasteiger partial charge in [0.1, 0.15) is 12.4 Å². The Labute approximate surface area is 114 Å². The van der Waals surface area contributed by atoms with Crippen LogP contribution in [0.15, 0.2) is 35.5 Å². The lowest BCUT2D eigenvalue weighted by Gasteiger charge is -2.32. The van der Waals surface area contributed by atoms with E-state index < -0.39 is 0 Å². The third kappa shape index (κ3) is 3.96. The summed E-state index contributed by atoms with van der Waals surface area (Å²) >= 11 is 0. The van der Waals surface area contributed by atoms with Gasteiger partial charge in [-0.25, -0.2) is 0 Å². The van der Waals surface area contributed by atoms with Crippen molar-refractivity contribution in [1.29, 1.82) is 0 Å². The fraction of sp³-hybridized carbons (Fsp3) is 0.533. The molecule has 0 spiro atoms. The molecular weight excluding hydrogens is 240 g/mol. The maximum absolute atomic E-state index is 8.95. The van der Waals surface area contributed by atoms with Gasteiger partial charge in [0.2, 0.25) is 0 Å². The molecule has 1 atom stereocenters. The summed E-state index contributed by atoms with van der Waals surface area (Å²) in [5, 5.41) is 12.4. The summed E-state index contributed by atoms with van der Waals surface area (Å²) in [6.07, 6.45) is 1.88. The van der Waals surface area contributed by atoms with Gasteiger partial charge in [-0.2, -0.15) is 0 Å². The predicted octanol–water partition coefficient (Wildman–Crippen LogP) is 2.63. The quantitative estimate of drug-likeness (QED) is 0.655. The number of nitrogens with zero attached hydrogens (tertiary/aromatic N) is 2. The first-order chi connectivity index (χ1) is 9.33. The molecule has 1 N–H and O–H groups in total. The van der Waals surface area contributed by atoms with E-state index in [-0.39, 0.29) is 0 Å². The van der Waals surface area contributed by atoms with Crippen molar-refractivity contribution in [2.75, 3.05) is 26.2 Å². The smallest absolute Gasteiger partial charge is 0.119 e. The molecule has 0 radical (unpaired) electrons. The second kappa shape index (κ2) is 7.14. The SMILES string of the molecule is CCC1CN(CCOc2ccccc2)CC/C1=N\O. The van der Waals surface area contributed by atoms with Crippen LogP contribution < -0.4 is 4.74 Å². The minimum Gasteiger partial charge on any atom is -0.492 e. The first kappa shape index (κ1) is 13.9. The number of oxime groups is 1. The second-order valence-electron chi connectivity index (χ2n) is 4.91. The molecule has 2 rings (SSSR count). The number of hydrogen-bond donors (Lipinski definition) is 1. The van der Waals surface area contributed by atoms with Crippen LogP contribution in [0.1, 0.15) is 19.8 Å². The van der Waals surface area contributed by atoms with Crippen molar-refractivity contribution >= 4 is 5.71 Å². The highest BCUT2D eigenvalue weighted by Crippen LogP contribution is 2.17. The van der Waals surface area contributed by atoms with Crippen molar-refractivity contribution in [2.45, 2.75) is 19.8 Å². The molecule has 19 heavy (non-hydrogen) atoms. The van der Waals surface area contributed by atoms with Crippen LogP contribution in [0.4, 0.5) is 0 Å². The van der Waals surface area contributed by atoms with Crippen molar-refractivity contribution in [3.8, 4) is 5.75 Å². The van der Waals surface area contributed by atoms with E-state index in [4.69, 9.17) is 9.94 Å². The van der Waals surface area contributed by atoms with Crippen LogP contribution in [0.2, 0.25) is 0 Å². The number of benzene rings is 1. The fourth-order valence-corrected chi connectivity index (χ4v) is 2.49. The van der Waals surface area contributed by atoms with E-state index in [9.17, 15) is 0 Å². The Kier molecular flexibility index (Phi) is 5.21. The van der Waals surface area contributed by atoms with Crippen LogP contribution in [-0.2, 0) is 0 Å². The Morgan fingerprint density at radius 3 is 2.84 bits per heavy atom. The minimum atomic E-state index is 0.385. The first-order valence-electron chi connectivity index (χ1n) is 6.94. The lowest BCUT2D eigenvalue weighted by Crippen LogP contribution is -2.42. The molecule has 1 fully saturated rings. The van der Waals surface area contributed by atoms with Gasteiger partial charge in [0.25, 0.3) is 0 Å². The zero-order valence-electron chi connectivity index (χ0n) is 11.5. The zero-order chi connectivity index (χ0) is 13.5. The fourth-order valence-electron chi connectivity index (χ4n) is 2.49. The molecule has 4 nitrogen and oxygen atoms in total. The number of para-hydroxylation sites is 1. The number of hydrogen-bond acceptors (Lipinski definition) is 4. The minimum absolute atomic E-state index is 0.385. The number of rotatable bonds is 5. The summed E-state index contributed by atoms with van der Waals surface area (Å²) in [4.78, 5) is 2.38. The van der Waals surface area contributed by atoms with E-state index in [0.29, 0.717) is 12.5 Å². The lowest BCUT2D eigenvalue weighted by atomic mass is 9.93. The van der Waals surface area contributed by atoms with Crippen LogP contribution in [-0.4, -0.2) is 42.1 Å². The molecule has 1 aliphatic heterocycles. The number of ether oxygens (including phenoxy) is 1. The van der Waals surface area contributed by atoms with Crippen LogP contribution in [0.25, 0.3) is 0 Å². The van der Waals surface area contributed by atoms with Crippen molar-refractivity contribution in [2.24, 2.45) is 11.1 Å². The topological polar surface area (TPSA) is 45.1 Å². The lowest BCUT2D eigenvalue weighted by molar-refractivity contribution is 0.185. The maximum Gasteiger partial charge on any atom is 0.119 e. The standard InChI is InChI=1S/C15H22N2O2/c1-2-13-12-17(9-8-15(13)16-18)10-11-19-14-6-4-3-5-7-14/h3-7,13,18H,2,8-12H2,1H3/b16-15+. The van der Waals surface area contributed by atoms with Gasteiger partial charge in [0.15, 0.2) is 0 Å². The molecule has 0 amide bonds. The Balaban J connectivity index is 1.75. The van der Waals surface area contributed by atoms with Crippen molar-refractivity contribution in [3.05, 3.63) is 30.3 Å². The van der Waals surface area contributed by atoms with Gasteiger partial charge in [-0.15, -0.1) is 0 Å². The van der Waals surface area contributed by atoms with Crippen molar-refractivity contribution in [1.82, 2.24) is 4.90 Å². The van der Waals surface area contributed by atoms with E-state index in [1.165, 1.54) is 0 Å². The van der Waals surface area contributed by atoms with E-state index >= 15 is 0 Å². The second-order valence-corrected chi connectivity index (χ2v) is 4.91. The molecule has 104 valence electrons. The average Bonchev–Trinajstić information content (AvgIpc) is 2.48. The molecule has 1 aromatic rings. The molecule has 1 aromatic carbocycles. The van der Waals surface area contributed by atoms with Crippen molar-refractivity contribution < 1.29 is 9.94 Å². The summed E-state index contributed by atoms with van der Waals surface area (Å²) in [7, 11) is 0. The van der Waals surface area contributed by atoms with Crippen LogP contribution >= 0.6 is 0 Å². The average molecular weight is 262 g/mol. The predicted molar refractivity (Wildman–Crippen MR) is 76.0 cm³/mol. The summed E-state index contributed by atoms with van der Waals surface area (Å²) in [5.74, 6) is 1.31. The van der Waals surface area contributed by atoms with Crippen molar-refractivity contribution in [3.63, 3.8) is 0 Å². The third-order valence-corrected chi connectivity index (χ3v) is 3.67. The Morgan fingerprint density at radius 1 is 1.37 bits per heavy atom.